The van der Waals surface area contributed by atoms with Crippen LogP contribution in [0.1, 0.15) is 36.0 Å². The molecule has 0 N–H and O–H groups in total. The first-order chi connectivity index (χ1) is 9.58. The fourth-order valence-corrected chi connectivity index (χ4v) is 3.30. The lowest BCUT2D eigenvalue weighted by molar-refractivity contribution is 0.0667. The first kappa shape index (κ1) is 15.8. The summed E-state index contributed by atoms with van der Waals surface area (Å²) in [5.74, 6) is 0.192. The molecule has 0 unspecified atom stereocenters. The Morgan fingerprint density at radius 1 is 1.25 bits per heavy atom. The van der Waals surface area contributed by atoms with Crippen LogP contribution in [0, 0.1) is 3.57 Å². The number of hydrogen-bond donors (Lipinski definition) is 0. The van der Waals surface area contributed by atoms with E-state index in [0.29, 0.717) is 6.04 Å². The van der Waals surface area contributed by atoms with Gasteiger partial charge in [-0.05, 0) is 67.7 Å². The number of carbonyl (C=O) groups is 1. The SMILES string of the molecule is CN(C)CCN(C(=O)c1cccc(I)c1)C1CCCC1. The third-order valence-electron chi connectivity index (χ3n) is 3.89. The minimum atomic E-state index is 0.192. The standard InChI is InChI=1S/C16H23IN2O/c1-18(2)10-11-19(15-8-3-4-9-15)16(20)13-6-5-7-14(17)12-13/h5-7,12,15H,3-4,8-11H2,1-2H3. The molecule has 0 aromatic heterocycles. The van der Waals surface area contributed by atoms with Gasteiger partial charge in [-0.15, -0.1) is 0 Å². The normalized spacial score (nSPS) is 15.8. The first-order valence-electron chi connectivity index (χ1n) is 7.29. The highest BCUT2D eigenvalue weighted by Crippen LogP contribution is 2.25. The lowest BCUT2D eigenvalue weighted by Gasteiger charge is -2.30. The molecule has 1 aromatic rings. The fraction of sp³-hybridized carbons (Fsp3) is 0.562. The molecule has 1 aromatic carbocycles. The van der Waals surface area contributed by atoms with Gasteiger partial charge in [0.05, 0.1) is 0 Å². The number of hydrogen-bond acceptors (Lipinski definition) is 2. The van der Waals surface area contributed by atoms with E-state index in [4.69, 9.17) is 0 Å². The molecule has 0 radical (unpaired) electrons. The Bertz CT molecular complexity index is 456. The molecule has 0 bridgehead atoms. The van der Waals surface area contributed by atoms with E-state index < -0.39 is 0 Å². The largest absolute Gasteiger partial charge is 0.334 e. The van der Waals surface area contributed by atoms with Crippen LogP contribution in [0.25, 0.3) is 0 Å². The average Bonchev–Trinajstić information content (AvgIpc) is 2.92. The summed E-state index contributed by atoms with van der Waals surface area (Å²) in [6, 6.07) is 8.34. The Balaban J connectivity index is 2.14. The lowest BCUT2D eigenvalue weighted by atomic mass is 10.1. The minimum absolute atomic E-state index is 0.192. The number of likely N-dealkylation sites (N-methyl/N-ethyl adjacent to an activating group) is 1. The van der Waals surface area contributed by atoms with Gasteiger partial charge in [-0.3, -0.25) is 4.79 Å². The van der Waals surface area contributed by atoms with Crippen LogP contribution in [0.4, 0.5) is 0 Å². The summed E-state index contributed by atoms with van der Waals surface area (Å²) in [4.78, 5) is 17.0. The van der Waals surface area contributed by atoms with Gasteiger partial charge in [0.25, 0.3) is 5.91 Å². The van der Waals surface area contributed by atoms with Gasteiger partial charge in [-0.25, -0.2) is 0 Å². The predicted octanol–water partition coefficient (Wildman–Crippen LogP) is 3.24. The monoisotopic (exact) mass is 386 g/mol. The number of amides is 1. The third kappa shape index (κ3) is 4.19. The average molecular weight is 386 g/mol. The lowest BCUT2D eigenvalue weighted by Crippen LogP contribution is -2.42. The topological polar surface area (TPSA) is 23.6 Å². The second-order valence-electron chi connectivity index (χ2n) is 5.75. The summed E-state index contributed by atoms with van der Waals surface area (Å²) < 4.78 is 1.12. The highest BCUT2D eigenvalue weighted by Gasteiger charge is 2.27. The molecule has 2 rings (SSSR count). The van der Waals surface area contributed by atoms with E-state index in [0.717, 1.165) is 35.1 Å². The molecule has 110 valence electrons. The Morgan fingerprint density at radius 2 is 1.95 bits per heavy atom. The van der Waals surface area contributed by atoms with Gasteiger partial charge in [0.2, 0.25) is 0 Å². The van der Waals surface area contributed by atoms with E-state index in [1.54, 1.807) is 0 Å². The van der Waals surface area contributed by atoms with Gasteiger partial charge in [0.15, 0.2) is 0 Å². The maximum absolute atomic E-state index is 12.8. The summed E-state index contributed by atoms with van der Waals surface area (Å²) >= 11 is 2.26. The molecule has 0 saturated heterocycles. The second-order valence-corrected chi connectivity index (χ2v) is 7.00. The maximum atomic E-state index is 12.8. The highest BCUT2D eigenvalue weighted by atomic mass is 127. The van der Waals surface area contributed by atoms with Crippen LogP contribution in [0.15, 0.2) is 24.3 Å². The van der Waals surface area contributed by atoms with Crippen LogP contribution in [0.2, 0.25) is 0 Å². The number of benzene rings is 1. The molecule has 3 nitrogen and oxygen atoms in total. The molecule has 1 aliphatic carbocycles. The number of rotatable bonds is 5. The Labute approximate surface area is 135 Å². The van der Waals surface area contributed by atoms with E-state index in [1.807, 2.05) is 24.3 Å². The van der Waals surface area contributed by atoms with E-state index >= 15 is 0 Å². The highest BCUT2D eigenvalue weighted by molar-refractivity contribution is 14.1. The van der Waals surface area contributed by atoms with Crippen molar-refractivity contribution in [2.45, 2.75) is 31.7 Å². The van der Waals surface area contributed by atoms with Gasteiger partial charge in [-0.2, -0.15) is 0 Å². The zero-order valence-electron chi connectivity index (χ0n) is 12.3. The van der Waals surface area contributed by atoms with Crippen molar-refractivity contribution < 1.29 is 4.79 Å². The minimum Gasteiger partial charge on any atom is -0.334 e. The molecule has 0 aliphatic heterocycles. The predicted molar refractivity (Wildman–Crippen MR) is 91.0 cm³/mol. The second kappa shape index (κ2) is 7.41. The van der Waals surface area contributed by atoms with Crippen molar-refractivity contribution in [2.75, 3.05) is 27.2 Å². The van der Waals surface area contributed by atoms with Crippen LogP contribution >= 0.6 is 22.6 Å². The zero-order chi connectivity index (χ0) is 14.5. The molecule has 1 saturated carbocycles. The molecule has 1 amide bonds. The molecule has 4 heteroatoms. The van der Waals surface area contributed by atoms with E-state index in [9.17, 15) is 4.79 Å². The molecular formula is C16H23IN2O. The van der Waals surface area contributed by atoms with Gasteiger partial charge < -0.3 is 9.80 Å². The quantitative estimate of drug-likeness (QED) is 0.726. The summed E-state index contributed by atoms with van der Waals surface area (Å²) in [7, 11) is 4.12. The van der Waals surface area contributed by atoms with E-state index in [1.165, 1.54) is 12.8 Å². The van der Waals surface area contributed by atoms with Crippen LogP contribution in [-0.2, 0) is 0 Å². The van der Waals surface area contributed by atoms with Crippen molar-refractivity contribution in [3.63, 3.8) is 0 Å². The fourth-order valence-electron chi connectivity index (χ4n) is 2.76. The van der Waals surface area contributed by atoms with Crippen LogP contribution in [0.3, 0.4) is 0 Å². The molecule has 0 heterocycles. The van der Waals surface area contributed by atoms with Crippen molar-refractivity contribution in [1.82, 2.24) is 9.80 Å². The molecule has 0 spiro atoms. The van der Waals surface area contributed by atoms with Crippen molar-refractivity contribution >= 4 is 28.5 Å². The van der Waals surface area contributed by atoms with Crippen molar-refractivity contribution in [3.05, 3.63) is 33.4 Å². The summed E-state index contributed by atoms with van der Waals surface area (Å²) in [5.41, 5.74) is 0.822. The van der Waals surface area contributed by atoms with Crippen LogP contribution in [-0.4, -0.2) is 48.9 Å². The van der Waals surface area contributed by atoms with Gasteiger partial charge >= 0.3 is 0 Å². The van der Waals surface area contributed by atoms with Crippen LogP contribution in [0.5, 0.6) is 0 Å². The number of nitrogens with zero attached hydrogens (tertiary/aromatic N) is 2. The molecule has 0 atom stereocenters. The van der Waals surface area contributed by atoms with E-state index in [2.05, 4.69) is 46.5 Å². The summed E-state index contributed by atoms with van der Waals surface area (Å²) in [5, 5.41) is 0. The maximum Gasteiger partial charge on any atom is 0.254 e. The van der Waals surface area contributed by atoms with Gasteiger partial charge in [0, 0.05) is 28.3 Å². The van der Waals surface area contributed by atoms with Gasteiger partial charge in [-0.1, -0.05) is 18.9 Å². The van der Waals surface area contributed by atoms with Crippen molar-refractivity contribution in [1.29, 1.82) is 0 Å². The van der Waals surface area contributed by atoms with Gasteiger partial charge in [0.1, 0.15) is 0 Å². The summed E-state index contributed by atoms with van der Waals surface area (Å²) in [6.07, 6.45) is 4.82. The summed E-state index contributed by atoms with van der Waals surface area (Å²) in [6.45, 7) is 1.74. The molecule has 20 heavy (non-hydrogen) atoms. The Kier molecular flexibility index (Phi) is 5.84. The van der Waals surface area contributed by atoms with Crippen LogP contribution < -0.4 is 0 Å². The van der Waals surface area contributed by atoms with E-state index in [-0.39, 0.29) is 5.91 Å². The molecular weight excluding hydrogens is 363 g/mol. The zero-order valence-corrected chi connectivity index (χ0v) is 14.5. The first-order valence-corrected chi connectivity index (χ1v) is 8.37. The smallest absolute Gasteiger partial charge is 0.254 e. The third-order valence-corrected chi connectivity index (χ3v) is 4.56. The number of halogens is 1. The molecule has 1 fully saturated rings. The Morgan fingerprint density at radius 3 is 2.55 bits per heavy atom. The Hall–Kier alpha value is -0.620. The molecule has 1 aliphatic rings. The van der Waals surface area contributed by atoms with Crippen molar-refractivity contribution in [3.8, 4) is 0 Å². The van der Waals surface area contributed by atoms with Crippen molar-refractivity contribution in [2.24, 2.45) is 0 Å². The number of carbonyl (C=O) groups excluding carboxylic acids is 1.